The molecule has 5 nitrogen and oxygen atoms in total. The van der Waals surface area contributed by atoms with Gasteiger partial charge in [0.25, 0.3) is 0 Å². The number of hydrogen-bond donors (Lipinski definition) is 3. The van der Waals surface area contributed by atoms with E-state index in [4.69, 9.17) is 0 Å². The molecular formula is C7H13NO4S3. The van der Waals surface area contributed by atoms with Gasteiger partial charge in [0, 0.05) is 17.4 Å². The fourth-order valence-corrected chi connectivity index (χ4v) is 3.43. The van der Waals surface area contributed by atoms with Gasteiger partial charge in [0.15, 0.2) is 0 Å². The highest BCUT2D eigenvalue weighted by molar-refractivity contribution is 7.91. The number of carbonyl (C=O) groups excluding carboxylic acids is 1. The molecule has 1 fully saturated rings. The summed E-state index contributed by atoms with van der Waals surface area (Å²) < 4.78 is 29.9. The van der Waals surface area contributed by atoms with Crippen LogP contribution in [-0.4, -0.2) is 43.8 Å². The maximum absolute atomic E-state index is 11.5. The number of cyclic esters (lactones) is 1. The van der Waals surface area contributed by atoms with Crippen LogP contribution in [0.5, 0.6) is 0 Å². The Balaban J connectivity index is 2.52. The Morgan fingerprint density at radius 2 is 2.27 bits per heavy atom. The molecule has 1 N–H and O–H groups in total. The monoisotopic (exact) mass is 271 g/mol. The lowest BCUT2D eigenvalue weighted by atomic mass is 10.3. The number of thiol groups is 2. The Morgan fingerprint density at radius 3 is 2.73 bits per heavy atom. The second-order valence-corrected chi connectivity index (χ2v) is 6.14. The van der Waals surface area contributed by atoms with E-state index in [0.717, 1.165) is 0 Å². The van der Waals surface area contributed by atoms with Crippen molar-refractivity contribution in [1.82, 2.24) is 4.72 Å². The van der Waals surface area contributed by atoms with E-state index in [1.807, 2.05) is 0 Å². The van der Waals surface area contributed by atoms with Crippen molar-refractivity contribution in [1.29, 1.82) is 0 Å². The second kappa shape index (κ2) is 5.42. The van der Waals surface area contributed by atoms with Crippen LogP contribution in [0.1, 0.15) is 6.42 Å². The maximum atomic E-state index is 11.5. The van der Waals surface area contributed by atoms with Crippen LogP contribution in [-0.2, 0) is 19.6 Å². The Bertz CT molecular complexity index is 329. The van der Waals surface area contributed by atoms with E-state index >= 15 is 0 Å². The van der Waals surface area contributed by atoms with Crippen molar-refractivity contribution >= 4 is 41.3 Å². The van der Waals surface area contributed by atoms with Crippen LogP contribution in [0.4, 0.5) is 0 Å². The zero-order chi connectivity index (χ0) is 11.5. The van der Waals surface area contributed by atoms with Crippen LogP contribution in [0.3, 0.4) is 0 Å². The Labute approximate surface area is 99.8 Å². The first-order valence-corrected chi connectivity index (χ1v) is 7.20. The predicted molar refractivity (Wildman–Crippen MR) is 62.9 cm³/mol. The normalized spacial score (nSPS) is 23.9. The molecule has 0 aromatic carbocycles. The number of hydrogen-bond acceptors (Lipinski definition) is 6. The molecular weight excluding hydrogens is 258 g/mol. The third kappa shape index (κ3) is 4.21. The maximum Gasteiger partial charge on any atom is 0.324 e. The summed E-state index contributed by atoms with van der Waals surface area (Å²) in [5, 5.41) is -0.344. The fraction of sp³-hybridized carbons (Fsp3) is 0.857. The van der Waals surface area contributed by atoms with Gasteiger partial charge in [-0.05, 0) is 0 Å². The average molecular weight is 271 g/mol. The van der Waals surface area contributed by atoms with Gasteiger partial charge in [-0.2, -0.15) is 25.3 Å². The zero-order valence-corrected chi connectivity index (χ0v) is 10.5. The van der Waals surface area contributed by atoms with Crippen LogP contribution in [0.25, 0.3) is 0 Å². The molecule has 8 heteroatoms. The van der Waals surface area contributed by atoms with Crippen LogP contribution >= 0.6 is 25.3 Å². The molecule has 0 bridgehead atoms. The van der Waals surface area contributed by atoms with E-state index in [-0.39, 0.29) is 17.6 Å². The summed E-state index contributed by atoms with van der Waals surface area (Å²) in [6, 6.07) is -0.740. The summed E-state index contributed by atoms with van der Waals surface area (Å²) in [6.45, 7) is 0.267. The minimum Gasteiger partial charge on any atom is -0.464 e. The van der Waals surface area contributed by atoms with Crippen molar-refractivity contribution in [3.63, 3.8) is 0 Å². The van der Waals surface area contributed by atoms with E-state index < -0.39 is 22.0 Å². The number of nitrogens with one attached hydrogen (secondary N) is 1. The first-order valence-electron chi connectivity index (χ1n) is 4.40. The van der Waals surface area contributed by atoms with Gasteiger partial charge in [-0.15, -0.1) is 0 Å². The van der Waals surface area contributed by atoms with Crippen molar-refractivity contribution in [2.75, 3.05) is 18.1 Å². The van der Waals surface area contributed by atoms with E-state index in [1.165, 1.54) is 0 Å². The van der Waals surface area contributed by atoms with Gasteiger partial charge in [0.2, 0.25) is 10.0 Å². The molecule has 0 radical (unpaired) electrons. The third-order valence-corrected chi connectivity index (χ3v) is 4.71. The summed E-state index contributed by atoms with van der Waals surface area (Å²) in [5.74, 6) is -0.303. The standard InChI is InChI=1S/C7H13NO4S3/c9-7-6(1-2-12-7)8-15(10,11)4-5(14)3-13/h5-6,8,13-14H,1-4H2. The van der Waals surface area contributed by atoms with Crippen molar-refractivity contribution in [2.24, 2.45) is 0 Å². The van der Waals surface area contributed by atoms with Gasteiger partial charge in [-0.1, -0.05) is 0 Å². The molecule has 1 aliphatic rings. The highest BCUT2D eigenvalue weighted by Crippen LogP contribution is 2.09. The number of ether oxygens (including phenoxy) is 1. The van der Waals surface area contributed by atoms with Crippen molar-refractivity contribution < 1.29 is 17.9 Å². The smallest absolute Gasteiger partial charge is 0.324 e. The first kappa shape index (κ1) is 13.1. The molecule has 0 saturated carbocycles. The second-order valence-electron chi connectivity index (χ2n) is 3.24. The summed E-state index contributed by atoms with van der Waals surface area (Å²) >= 11 is 7.96. The zero-order valence-electron chi connectivity index (χ0n) is 7.92. The number of sulfonamides is 1. The Morgan fingerprint density at radius 1 is 1.60 bits per heavy atom. The lowest BCUT2D eigenvalue weighted by Gasteiger charge is -2.12. The molecule has 0 amide bonds. The Kier molecular flexibility index (Phi) is 4.75. The molecule has 0 spiro atoms. The summed E-state index contributed by atoms with van der Waals surface area (Å²) in [5.41, 5.74) is 0. The predicted octanol–water partition coefficient (Wildman–Crippen LogP) is -0.550. The van der Waals surface area contributed by atoms with Crippen molar-refractivity contribution in [2.45, 2.75) is 17.7 Å². The first-order chi connectivity index (χ1) is 6.94. The van der Waals surface area contributed by atoms with E-state index in [0.29, 0.717) is 12.2 Å². The molecule has 0 aliphatic carbocycles. The molecule has 2 atom stereocenters. The lowest BCUT2D eigenvalue weighted by Crippen LogP contribution is -2.41. The molecule has 1 aliphatic heterocycles. The molecule has 1 saturated heterocycles. The topological polar surface area (TPSA) is 72.5 Å². The quantitative estimate of drug-likeness (QED) is 0.463. The van der Waals surface area contributed by atoms with Crippen LogP contribution in [0.15, 0.2) is 0 Å². The SMILES string of the molecule is O=C1OCCC1NS(=O)(=O)CC(S)CS. The summed E-state index contributed by atoms with van der Waals surface area (Å²) in [6.07, 6.45) is 0.385. The molecule has 1 heterocycles. The average Bonchev–Trinajstić information content (AvgIpc) is 2.50. The molecule has 15 heavy (non-hydrogen) atoms. The Hall–Kier alpha value is 0.0800. The van der Waals surface area contributed by atoms with Crippen molar-refractivity contribution in [3.05, 3.63) is 0 Å². The summed E-state index contributed by atoms with van der Waals surface area (Å²) in [7, 11) is -3.49. The van der Waals surface area contributed by atoms with Crippen LogP contribution in [0.2, 0.25) is 0 Å². The number of esters is 1. The van der Waals surface area contributed by atoms with Gasteiger partial charge in [0.05, 0.1) is 12.4 Å². The third-order valence-electron chi connectivity index (χ3n) is 1.88. The van der Waals surface area contributed by atoms with E-state index in [2.05, 4.69) is 34.7 Å². The molecule has 0 aromatic rings. The van der Waals surface area contributed by atoms with Crippen LogP contribution in [0, 0.1) is 0 Å². The molecule has 0 aromatic heterocycles. The fourth-order valence-electron chi connectivity index (χ4n) is 1.17. The largest absolute Gasteiger partial charge is 0.464 e. The number of rotatable bonds is 5. The minimum atomic E-state index is -3.49. The van der Waals surface area contributed by atoms with E-state index in [9.17, 15) is 13.2 Å². The van der Waals surface area contributed by atoms with Gasteiger partial charge >= 0.3 is 5.97 Å². The molecule has 2 unspecified atom stereocenters. The van der Waals surface area contributed by atoms with Gasteiger partial charge in [-0.3, -0.25) is 4.79 Å². The van der Waals surface area contributed by atoms with Gasteiger partial charge < -0.3 is 4.74 Å². The lowest BCUT2D eigenvalue weighted by molar-refractivity contribution is -0.139. The van der Waals surface area contributed by atoms with Crippen molar-refractivity contribution in [3.8, 4) is 0 Å². The van der Waals surface area contributed by atoms with Crippen LogP contribution < -0.4 is 4.72 Å². The minimum absolute atomic E-state index is 0.149. The van der Waals surface area contributed by atoms with Gasteiger partial charge in [0.1, 0.15) is 6.04 Å². The summed E-state index contributed by atoms with van der Waals surface area (Å²) in [4.78, 5) is 11.0. The van der Waals surface area contributed by atoms with Gasteiger partial charge in [-0.25, -0.2) is 13.1 Å². The number of carbonyl (C=O) groups is 1. The molecule has 1 rings (SSSR count). The van der Waals surface area contributed by atoms with E-state index in [1.54, 1.807) is 0 Å². The molecule has 88 valence electrons. The highest BCUT2D eigenvalue weighted by Gasteiger charge is 2.30. The highest BCUT2D eigenvalue weighted by atomic mass is 32.2.